The number of nitrogens with zero attached hydrogens (tertiary/aromatic N) is 1. The number of hydrogen-bond acceptors (Lipinski definition) is 5. The molecule has 3 rings (SSSR count). The molecule has 0 unspecified atom stereocenters. The number of thiocarbonyl (C=S) groups is 1. The molecule has 0 aromatic heterocycles. The Morgan fingerprint density at radius 1 is 1.15 bits per heavy atom. The zero-order valence-electron chi connectivity index (χ0n) is 19.5. The summed E-state index contributed by atoms with van der Waals surface area (Å²) in [7, 11) is 0. The van der Waals surface area contributed by atoms with E-state index in [1.165, 1.54) is 5.56 Å². The van der Waals surface area contributed by atoms with E-state index < -0.39 is 0 Å². The Kier molecular flexibility index (Phi) is 9.11. The number of morpholine rings is 1. The van der Waals surface area contributed by atoms with Crippen LogP contribution in [0.5, 0.6) is 11.5 Å². The predicted molar refractivity (Wildman–Crippen MR) is 139 cm³/mol. The van der Waals surface area contributed by atoms with Crippen molar-refractivity contribution < 1.29 is 19.0 Å². The van der Waals surface area contributed by atoms with Crippen molar-refractivity contribution in [2.24, 2.45) is 0 Å². The van der Waals surface area contributed by atoms with Crippen LogP contribution in [0.2, 0.25) is 0 Å². The van der Waals surface area contributed by atoms with Gasteiger partial charge in [0, 0.05) is 24.3 Å². The smallest absolute Gasteiger partial charge is 0.262 e. The lowest BCUT2D eigenvalue weighted by Gasteiger charge is -2.37. The van der Waals surface area contributed by atoms with Gasteiger partial charge in [0.2, 0.25) is 0 Å². The summed E-state index contributed by atoms with van der Waals surface area (Å²) in [5.41, 5.74) is 2.81. The van der Waals surface area contributed by atoms with Gasteiger partial charge < -0.3 is 24.4 Å². The standard InChI is InChI=1S/C25H31BrN2O4S/c1-5-18-7-9-20(10-8-18)27-23(29)15-31-24-21(26)11-19(12-22(24)30-6-2)25(33)28-13-16(3)32-17(4)14-28/h7-12,16-17H,5-6,13-15H2,1-4H3,(H,27,29)/t16-,17-/m0/s1. The highest BCUT2D eigenvalue weighted by Crippen LogP contribution is 2.37. The molecule has 2 atom stereocenters. The van der Waals surface area contributed by atoms with Gasteiger partial charge in [-0.25, -0.2) is 0 Å². The summed E-state index contributed by atoms with van der Waals surface area (Å²) in [4.78, 5) is 15.3. The van der Waals surface area contributed by atoms with Crippen LogP contribution in [0.15, 0.2) is 40.9 Å². The SMILES string of the molecule is CCOc1cc(C(=S)N2C[C@H](C)O[C@@H](C)C2)cc(Br)c1OCC(=O)Nc1ccc(CC)cc1. The van der Waals surface area contributed by atoms with Crippen molar-refractivity contribution in [3.63, 3.8) is 0 Å². The molecular weight excluding hydrogens is 504 g/mol. The van der Waals surface area contributed by atoms with Crippen molar-refractivity contribution in [1.29, 1.82) is 0 Å². The molecule has 1 aliphatic heterocycles. The van der Waals surface area contributed by atoms with Gasteiger partial charge in [-0.3, -0.25) is 4.79 Å². The van der Waals surface area contributed by atoms with E-state index in [1.54, 1.807) is 0 Å². The quantitative estimate of drug-likeness (QED) is 0.469. The molecular formula is C25H31BrN2O4S. The van der Waals surface area contributed by atoms with Gasteiger partial charge in [-0.2, -0.15) is 0 Å². The minimum atomic E-state index is -0.246. The first-order valence-electron chi connectivity index (χ1n) is 11.2. The van der Waals surface area contributed by atoms with E-state index in [9.17, 15) is 4.79 Å². The second-order valence-corrected chi connectivity index (χ2v) is 9.31. The van der Waals surface area contributed by atoms with E-state index >= 15 is 0 Å². The van der Waals surface area contributed by atoms with E-state index in [4.69, 9.17) is 26.4 Å². The number of carbonyl (C=O) groups excluding carboxylic acids is 1. The van der Waals surface area contributed by atoms with Gasteiger partial charge in [0.15, 0.2) is 18.1 Å². The Hall–Kier alpha value is -2.16. The minimum absolute atomic E-state index is 0.112. The highest BCUT2D eigenvalue weighted by molar-refractivity contribution is 9.10. The number of rotatable bonds is 8. The number of benzene rings is 2. The fraction of sp³-hybridized carbons (Fsp3) is 0.440. The summed E-state index contributed by atoms with van der Waals surface area (Å²) in [6.07, 6.45) is 1.18. The molecule has 178 valence electrons. The van der Waals surface area contributed by atoms with Crippen LogP contribution in [-0.4, -0.2) is 54.3 Å². The van der Waals surface area contributed by atoms with Gasteiger partial charge in [-0.1, -0.05) is 31.3 Å². The summed E-state index contributed by atoms with van der Waals surface area (Å²) in [5, 5.41) is 2.86. The Morgan fingerprint density at radius 2 is 1.82 bits per heavy atom. The molecule has 0 bridgehead atoms. The lowest BCUT2D eigenvalue weighted by molar-refractivity contribution is -0.118. The predicted octanol–water partition coefficient (Wildman–Crippen LogP) is 5.21. The van der Waals surface area contributed by atoms with Crippen LogP contribution in [0, 0.1) is 0 Å². The van der Waals surface area contributed by atoms with Crippen LogP contribution in [0.25, 0.3) is 0 Å². The zero-order valence-corrected chi connectivity index (χ0v) is 21.9. The topological polar surface area (TPSA) is 60.0 Å². The molecule has 0 saturated carbocycles. The molecule has 1 N–H and O–H groups in total. The number of amides is 1. The van der Waals surface area contributed by atoms with Crippen molar-refractivity contribution in [2.45, 2.75) is 46.3 Å². The van der Waals surface area contributed by atoms with E-state index in [0.29, 0.717) is 22.6 Å². The number of halogens is 1. The molecule has 33 heavy (non-hydrogen) atoms. The molecule has 2 aromatic rings. The number of nitrogens with one attached hydrogen (secondary N) is 1. The van der Waals surface area contributed by atoms with Crippen LogP contribution in [0.4, 0.5) is 5.69 Å². The molecule has 6 nitrogen and oxygen atoms in total. The van der Waals surface area contributed by atoms with Gasteiger partial charge in [0.1, 0.15) is 4.99 Å². The summed E-state index contributed by atoms with van der Waals surface area (Å²) < 4.78 is 18.2. The molecule has 0 radical (unpaired) electrons. The Balaban J connectivity index is 1.71. The van der Waals surface area contributed by atoms with E-state index in [0.717, 1.165) is 35.7 Å². The maximum atomic E-state index is 12.4. The van der Waals surface area contributed by atoms with Gasteiger partial charge >= 0.3 is 0 Å². The second kappa shape index (κ2) is 11.8. The Morgan fingerprint density at radius 3 is 2.42 bits per heavy atom. The second-order valence-electron chi connectivity index (χ2n) is 8.07. The van der Waals surface area contributed by atoms with Crippen LogP contribution < -0.4 is 14.8 Å². The largest absolute Gasteiger partial charge is 0.490 e. The summed E-state index contributed by atoms with van der Waals surface area (Å²) in [5.74, 6) is 0.770. The normalized spacial score (nSPS) is 18.0. The van der Waals surface area contributed by atoms with Gasteiger partial charge in [-0.05, 0) is 73.0 Å². The molecule has 1 amide bonds. The molecule has 8 heteroatoms. The van der Waals surface area contributed by atoms with Crippen LogP contribution in [0.3, 0.4) is 0 Å². The molecule has 1 aliphatic rings. The molecule has 0 aliphatic carbocycles. The van der Waals surface area contributed by atoms with Crippen molar-refractivity contribution in [1.82, 2.24) is 4.90 Å². The van der Waals surface area contributed by atoms with Crippen LogP contribution in [0.1, 0.15) is 38.8 Å². The summed E-state index contributed by atoms with van der Waals surface area (Å²) in [6, 6.07) is 11.6. The number of ether oxygens (including phenoxy) is 3. The average Bonchev–Trinajstić information content (AvgIpc) is 2.78. The molecule has 1 saturated heterocycles. The van der Waals surface area contributed by atoms with Crippen molar-refractivity contribution in [3.8, 4) is 11.5 Å². The van der Waals surface area contributed by atoms with Crippen molar-refractivity contribution in [3.05, 3.63) is 52.0 Å². The lowest BCUT2D eigenvalue weighted by Crippen LogP contribution is -2.47. The van der Waals surface area contributed by atoms with Crippen LogP contribution in [-0.2, 0) is 16.0 Å². The number of carbonyl (C=O) groups is 1. The number of hydrogen-bond donors (Lipinski definition) is 1. The van der Waals surface area contributed by atoms with E-state index in [1.807, 2.05) is 57.2 Å². The third-order valence-electron chi connectivity index (χ3n) is 5.26. The number of aryl methyl sites for hydroxylation is 1. The first-order valence-corrected chi connectivity index (χ1v) is 12.4. The third kappa shape index (κ3) is 6.91. The van der Waals surface area contributed by atoms with Gasteiger partial charge in [-0.15, -0.1) is 0 Å². The summed E-state index contributed by atoms with van der Waals surface area (Å²) in [6.45, 7) is 9.89. The fourth-order valence-electron chi connectivity index (χ4n) is 3.78. The monoisotopic (exact) mass is 534 g/mol. The lowest BCUT2D eigenvalue weighted by atomic mass is 10.1. The van der Waals surface area contributed by atoms with Crippen molar-refractivity contribution in [2.75, 3.05) is 31.6 Å². The fourth-order valence-corrected chi connectivity index (χ4v) is 4.60. The molecule has 0 spiro atoms. The molecule has 1 fully saturated rings. The maximum Gasteiger partial charge on any atom is 0.262 e. The maximum absolute atomic E-state index is 12.4. The molecule has 1 heterocycles. The van der Waals surface area contributed by atoms with Crippen molar-refractivity contribution >= 4 is 44.7 Å². The third-order valence-corrected chi connectivity index (χ3v) is 6.34. The zero-order chi connectivity index (χ0) is 24.0. The Bertz CT molecular complexity index is 973. The van der Waals surface area contributed by atoms with Gasteiger partial charge in [0.25, 0.3) is 5.91 Å². The van der Waals surface area contributed by atoms with Crippen LogP contribution >= 0.6 is 28.1 Å². The molecule has 2 aromatic carbocycles. The van der Waals surface area contributed by atoms with Gasteiger partial charge in [0.05, 0.1) is 23.3 Å². The average molecular weight is 536 g/mol. The highest BCUT2D eigenvalue weighted by Gasteiger charge is 2.26. The summed E-state index contributed by atoms with van der Waals surface area (Å²) >= 11 is 9.36. The first-order chi connectivity index (χ1) is 15.8. The number of anilines is 1. The highest BCUT2D eigenvalue weighted by atomic mass is 79.9. The minimum Gasteiger partial charge on any atom is -0.490 e. The van der Waals surface area contributed by atoms with E-state index in [2.05, 4.69) is 33.1 Å². The van der Waals surface area contributed by atoms with E-state index in [-0.39, 0.29) is 24.7 Å². The first kappa shape index (κ1) is 25.5. The Labute approximate surface area is 209 Å².